The highest BCUT2D eigenvalue weighted by molar-refractivity contribution is 7.95. The van der Waals surface area contributed by atoms with Crippen molar-refractivity contribution in [1.82, 2.24) is 0 Å². The van der Waals surface area contributed by atoms with E-state index >= 15 is 0 Å². The molecule has 0 unspecified atom stereocenters. The first kappa shape index (κ1) is 15.7. The van der Waals surface area contributed by atoms with Crippen molar-refractivity contribution >= 4 is 23.2 Å². The largest absolute Gasteiger partial charge is 0.115 e. The van der Waals surface area contributed by atoms with Crippen LogP contribution in [0.1, 0.15) is 6.92 Å². The molecule has 0 aromatic heterocycles. The van der Waals surface area contributed by atoms with Gasteiger partial charge in [-0.15, -0.1) is 0 Å². The van der Waals surface area contributed by atoms with Gasteiger partial charge in [0.2, 0.25) is 0 Å². The smallest absolute Gasteiger partial charge is 0.0880 e. The Morgan fingerprint density at radius 1 is 0.609 bits per heavy atom. The van der Waals surface area contributed by atoms with Gasteiger partial charge in [0.05, 0.1) is 6.16 Å². The third-order valence-electron chi connectivity index (χ3n) is 4.21. The first-order valence-corrected chi connectivity index (χ1v) is 10.0. The van der Waals surface area contributed by atoms with Crippen molar-refractivity contribution in [2.24, 2.45) is 0 Å². The van der Waals surface area contributed by atoms with Crippen LogP contribution in [0, 0.1) is 0 Å². The molecule has 114 valence electrons. The Bertz CT molecular complexity index is 649. The fourth-order valence-corrected chi connectivity index (χ4v) is 7.17. The zero-order chi connectivity index (χ0) is 16.0. The van der Waals surface area contributed by atoms with Crippen LogP contribution in [0.5, 0.6) is 0 Å². The zero-order valence-electron chi connectivity index (χ0n) is 13.5. The van der Waals surface area contributed by atoms with Gasteiger partial charge in [-0.3, -0.25) is 0 Å². The van der Waals surface area contributed by atoms with Crippen molar-refractivity contribution in [3.63, 3.8) is 0 Å². The Balaban J connectivity index is 2.30. The molecule has 1 heteroatoms. The van der Waals surface area contributed by atoms with Gasteiger partial charge in [-0.1, -0.05) is 66.7 Å². The van der Waals surface area contributed by atoms with Crippen molar-refractivity contribution in [2.75, 3.05) is 6.16 Å². The molecule has 0 N–H and O–H groups in total. The van der Waals surface area contributed by atoms with Crippen molar-refractivity contribution in [1.29, 1.82) is 0 Å². The lowest BCUT2D eigenvalue weighted by Crippen LogP contribution is -2.32. The van der Waals surface area contributed by atoms with Crippen LogP contribution in [-0.2, 0) is 0 Å². The molecule has 0 saturated carbocycles. The Morgan fingerprint density at radius 2 is 0.957 bits per heavy atom. The summed E-state index contributed by atoms with van der Waals surface area (Å²) >= 11 is 0. The number of hydrogen-bond acceptors (Lipinski definition) is 0. The molecule has 0 nitrogen and oxygen atoms in total. The molecule has 3 rings (SSSR count). The monoisotopic (exact) mass is 317 g/mol. The van der Waals surface area contributed by atoms with Crippen LogP contribution in [0.4, 0.5) is 0 Å². The van der Waals surface area contributed by atoms with Gasteiger partial charge in [0.15, 0.2) is 0 Å². The molecule has 0 aliphatic heterocycles. The standard InChI is InChI=1S/C22H22P/c1-2-3-19-23(20-13-7-4-8-14-20,21-15-9-5-10-16-21)22-17-11-6-12-18-22/h2-18H,19H2,1H3/q+1/b3-2-. The molecular weight excluding hydrogens is 295 g/mol. The van der Waals surface area contributed by atoms with Gasteiger partial charge < -0.3 is 0 Å². The zero-order valence-corrected chi connectivity index (χ0v) is 14.4. The van der Waals surface area contributed by atoms with E-state index in [4.69, 9.17) is 0 Å². The first-order chi connectivity index (χ1) is 11.4. The van der Waals surface area contributed by atoms with Crippen LogP contribution in [0.3, 0.4) is 0 Å². The molecule has 0 heterocycles. The lowest BCUT2D eigenvalue weighted by molar-refractivity contribution is 1.61. The molecular formula is C22H22P+. The summed E-state index contributed by atoms with van der Waals surface area (Å²) in [6.07, 6.45) is 5.55. The van der Waals surface area contributed by atoms with Gasteiger partial charge >= 0.3 is 0 Å². The molecule has 3 aromatic carbocycles. The summed E-state index contributed by atoms with van der Waals surface area (Å²) in [5.74, 6) is 0. The lowest BCUT2D eigenvalue weighted by atomic mass is 10.4. The highest BCUT2D eigenvalue weighted by Crippen LogP contribution is 2.55. The topological polar surface area (TPSA) is 0 Å². The van der Waals surface area contributed by atoms with Gasteiger partial charge in [0, 0.05) is 0 Å². The number of rotatable bonds is 5. The molecule has 0 aliphatic rings. The van der Waals surface area contributed by atoms with Gasteiger partial charge in [-0.05, 0) is 43.3 Å². The highest BCUT2D eigenvalue weighted by Gasteiger charge is 2.43. The molecule has 3 aromatic rings. The third-order valence-corrected chi connectivity index (χ3v) is 8.50. The van der Waals surface area contributed by atoms with Crippen molar-refractivity contribution in [2.45, 2.75) is 6.92 Å². The van der Waals surface area contributed by atoms with Crippen LogP contribution in [0.25, 0.3) is 0 Å². The second-order valence-corrected chi connectivity index (χ2v) is 9.10. The molecule has 0 amide bonds. The number of hydrogen-bond donors (Lipinski definition) is 0. The van der Waals surface area contributed by atoms with Crippen LogP contribution >= 0.6 is 7.26 Å². The van der Waals surface area contributed by atoms with Crippen LogP contribution in [0.15, 0.2) is 103 Å². The highest BCUT2D eigenvalue weighted by atomic mass is 31.2. The number of allylic oxidation sites excluding steroid dienone is 2. The van der Waals surface area contributed by atoms with E-state index in [2.05, 4.69) is 110 Å². The quantitative estimate of drug-likeness (QED) is 0.478. The summed E-state index contributed by atoms with van der Waals surface area (Å²) in [5.41, 5.74) is 0. The molecule has 23 heavy (non-hydrogen) atoms. The Labute approximate surface area is 139 Å². The SMILES string of the molecule is C/C=C\C[P+](c1ccccc1)(c1ccccc1)c1ccccc1. The van der Waals surface area contributed by atoms with E-state index in [-0.39, 0.29) is 0 Å². The Hall–Kier alpha value is -2.17. The molecule has 0 spiro atoms. The van der Waals surface area contributed by atoms with Crippen LogP contribution in [0.2, 0.25) is 0 Å². The minimum atomic E-state index is -1.66. The second-order valence-electron chi connectivity index (χ2n) is 5.57. The fraction of sp³-hybridized carbons (Fsp3) is 0.0909. The van der Waals surface area contributed by atoms with Crippen molar-refractivity contribution < 1.29 is 0 Å². The molecule has 0 radical (unpaired) electrons. The van der Waals surface area contributed by atoms with E-state index in [1.807, 2.05) is 0 Å². The summed E-state index contributed by atoms with van der Waals surface area (Å²) in [4.78, 5) is 0. The van der Waals surface area contributed by atoms with Gasteiger partial charge in [0.1, 0.15) is 23.2 Å². The maximum Gasteiger partial charge on any atom is 0.115 e. The summed E-state index contributed by atoms with van der Waals surface area (Å²) in [7, 11) is -1.66. The summed E-state index contributed by atoms with van der Waals surface area (Å²) in [6, 6.07) is 33.0. The maximum absolute atomic E-state index is 2.32. The maximum atomic E-state index is 2.32. The van der Waals surface area contributed by atoms with E-state index < -0.39 is 7.26 Å². The summed E-state index contributed by atoms with van der Waals surface area (Å²) in [6.45, 7) is 2.11. The van der Waals surface area contributed by atoms with E-state index in [9.17, 15) is 0 Å². The van der Waals surface area contributed by atoms with E-state index in [0.717, 1.165) is 6.16 Å². The average molecular weight is 317 g/mol. The van der Waals surface area contributed by atoms with Crippen molar-refractivity contribution in [3.8, 4) is 0 Å². The molecule has 0 atom stereocenters. The van der Waals surface area contributed by atoms with Crippen LogP contribution in [-0.4, -0.2) is 6.16 Å². The second kappa shape index (κ2) is 7.40. The molecule has 0 aliphatic carbocycles. The molecule has 0 saturated heterocycles. The predicted molar refractivity (Wildman–Crippen MR) is 105 cm³/mol. The third kappa shape index (κ3) is 3.14. The van der Waals surface area contributed by atoms with E-state index in [1.165, 1.54) is 15.9 Å². The van der Waals surface area contributed by atoms with Gasteiger partial charge in [0.25, 0.3) is 0 Å². The normalized spacial score (nSPS) is 11.7. The Morgan fingerprint density at radius 3 is 1.26 bits per heavy atom. The number of benzene rings is 3. The van der Waals surface area contributed by atoms with Crippen LogP contribution < -0.4 is 15.9 Å². The van der Waals surface area contributed by atoms with Gasteiger partial charge in [-0.2, -0.15) is 0 Å². The minimum absolute atomic E-state index is 1.06. The average Bonchev–Trinajstić information content (AvgIpc) is 2.65. The summed E-state index contributed by atoms with van der Waals surface area (Å²) < 4.78 is 0. The fourth-order valence-electron chi connectivity index (χ4n) is 3.07. The lowest BCUT2D eigenvalue weighted by Gasteiger charge is -2.26. The molecule has 0 fully saturated rings. The first-order valence-electron chi connectivity index (χ1n) is 8.04. The van der Waals surface area contributed by atoms with Gasteiger partial charge in [-0.25, -0.2) is 0 Å². The predicted octanol–water partition coefficient (Wildman–Crippen LogP) is 4.56. The Kier molecular flexibility index (Phi) is 5.05. The summed E-state index contributed by atoms with van der Waals surface area (Å²) in [5, 5.41) is 4.32. The van der Waals surface area contributed by atoms with E-state index in [0.29, 0.717) is 0 Å². The van der Waals surface area contributed by atoms with Crippen molar-refractivity contribution in [3.05, 3.63) is 103 Å². The van der Waals surface area contributed by atoms with E-state index in [1.54, 1.807) is 0 Å². The minimum Gasteiger partial charge on any atom is -0.0880 e. The molecule has 0 bridgehead atoms.